The first-order chi connectivity index (χ1) is 7.55. The van der Waals surface area contributed by atoms with Crippen LogP contribution in [0.2, 0.25) is 0 Å². The second-order valence-corrected chi connectivity index (χ2v) is 3.14. The largest absolute Gasteiger partial charge is 0.417 e. The molecule has 1 aromatic carbocycles. The van der Waals surface area contributed by atoms with Gasteiger partial charge in [-0.2, -0.15) is 26.3 Å². The molecule has 0 atom stereocenters. The number of alkyl halides is 6. The van der Waals surface area contributed by atoms with Crippen LogP contribution in [0.5, 0.6) is 0 Å². The molecule has 3 N–H and O–H groups in total. The van der Waals surface area contributed by atoms with Gasteiger partial charge in [-0.3, -0.25) is 5.41 Å². The van der Waals surface area contributed by atoms with Crippen molar-refractivity contribution in [3.05, 3.63) is 34.9 Å². The Balaban J connectivity index is 3.61. The van der Waals surface area contributed by atoms with Gasteiger partial charge in [-0.15, -0.1) is 0 Å². The lowest BCUT2D eigenvalue weighted by molar-refractivity contribution is -0.143. The highest BCUT2D eigenvalue weighted by Crippen LogP contribution is 2.38. The van der Waals surface area contributed by atoms with Crippen LogP contribution >= 0.6 is 0 Å². The van der Waals surface area contributed by atoms with Crippen LogP contribution in [0.25, 0.3) is 0 Å². The van der Waals surface area contributed by atoms with Gasteiger partial charge in [0.15, 0.2) is 0 Å². The highest BCUT2D eigenvalue weighted by molar-refractivity contribution is 5.98. The number of halogens is 6. The molecule has 0 saturated heterocycles. The summed E-state index contributed by atoms with van der Waals surface area (Å²) in [5, 5.41) is 6.85. The number of nitrogens with one attached hydrogen (secondary N) is 1. The Labute approximate surface area is 91.5 Å². The lowest BCUT2D eigenvalue weighted by Crippen LogP contribution is -2.24. The topological polar surface area (TPSA) is 49.9 Å². The molecule has 0 unspecified atom stereocenters. The van der Waals surface area contributed by atoms with Gasteiger partial charge < -0.3 is 5.73 Å². The fourth-order valence-corrected chi connectivity index (χ4v) is 1.31. The molecule has 0 bridgehead atoms. The molecule has 1 aromatic rings. The van der Waals surface area contributed by atoms with Crippen molar-refractivity contribution in [2.24, 2.45) is 5.73 Å². The quantitative estimate of drug-likeness (QED) is 0.453. The van der Waals surface area contributed by atoms with Gasteiger partial charge in [-0.05, 0) is 12.1 Å². The first kappa shape index (κ1) is 13.3. The van der Waals surface area contributed by atoms with E-state index >= 15 is 0 Å². The number of amidine groups is 1. The fraction of sp³-hybridized carbons (Fsp3) is 0.222. The van der Waals surface area contributed by atoms with Crippen LogP contribution < -0.4 is 5.73 Å². The first-order valence-corrected chi connectivity index (χ1v) is 4.17. The van der Waals surface area contributed by atoms with E-state index in [1.807, 2.05) is 0 Å². The van der Waals surface area contributed by atoms with Crippen molar-refractivity contribution in [1.29, 1.82) is 5.41 Å². The van der Waals surface area contributed by atoms with Crippen molar-refractivity contribution < 1.29 is 26.3 Å². The van der Waals surface area contributed by atoms with E-state index in [9.17, 15) is 26.3 Å². The van der Waals surface area contributed by atoms with E-state index < -0.39 is 34.9 Å². The predicted octanol–water partition coefficient (Wildman–Crippen LogP) is 3.01. The van der Waals surface area contributed by atoms with Gasteiger partial charge in [0.25, 0.3) is 0 Å². The Kier molecular flexibility index (Phi) is 3.09. The van der Waals surface area contributed by atoms with Crippen molar-refractivity contribution in [2.75, 3.05) is 0 Å². The number of benzene rings is 1. The summed E-state index contributed by atoms with van der Waals surface area (Å²) in [7, 11) is 0. The maximum absolute atomic E-state index is 12.5. The number of hydrogen-bond donors (Lipinski definition) is 2. The molecule has 1 rings (SSSR count). The van der Waals surface area contributed by atoms with E-state index in [4.69, 9.17) is 11.1 Å². The summed E-state index contributed by atoms with van der Waals surface area (Å²) in [6, 6.07) is 1.52. The number of nitrogen functional groups attached to an aromatic ring is 1. The monoisotopic (exact) mass is 256 g/mol. The molecular weight excluding hydrogens is 250 g/mol. The van der Waals surface area contributed by atoms with E-state index in [2.05, 4.69) is 0 Å². The average Bonchev–Trinajstić information content (AvgIpc) is 2.13. The van der Waals surface area contributed by atoms with Crippen LogP contribution in [-0.4, -0.2) is 5.84 Å². The Morgan fingerprint density at radius 1 is 0.941 bits per heavy atom. The SMILES string of the molecule is N=C(N)c1c(C(F)(F)F)cccc1C(F)(F)F. The maximum Gasteiger partial charge on any atom is 0.417 e. The highest BCUT2D eigenvalue weighted by Gasteiger charge is 2.41. The molecular formula is C9H6F6N2. The summed E-state index contributed by atoms with van der Waals surface area (Å²) < 4.78 is 74.7. The van der Waals surface area contributed by atoms with Crippen LogP contribution in [0.4, 0.5) is 26.3 Å². The van der Waals surface area contributed by atoms with Crippen molar-refractivity contribution in [2.45, 2.75) is 12.4 Å². The van der Waals surface area contributed by atoms with Crippen molar-refractivity contribution in [3.63, 3.8) is 0 Å². The lowest BCUT2D eigenvalue weighted by atomic mass is 9.99. The average molecular weight is 256 g/mol. The second-order valence-electron chi connectivity index (χ2n) is 3.14. The third-order valence-corrected chi connectivity index (χ3v) is 1.94. The van der Waals surface area contributed by atoms with E-state index in [1.54, 1.807) is 0 Å². The smallest absolute Gasteiger partial charge is 0.384 e. The lowest BCUT2D eigenvalue weighted by Gasteiger charge is -2.17. The highest BCUT2D eigenvalue weighted by atomic mass is 19.4. The molecule has 0 aliphatic heterocycles. The molecule has 0 aliphatic rings. The Morgan fingerprint density at radius 2 is 1.29 bits per heavy atom. The molecule has 0 radical (unpaired) electrons. The third kappa shape index (κ3) is 2.69. The second kappa shape index (κ2) is 3.94. The van der Waals surface area contributed by atoms with Gasteiger partial charge in [0.1, 0.15) is 5.84 Å². The summed E-state index contributed by atoms with van der Waals surface area (Å²) in [6.45, 7) is 0. The van der Waals surface area contributed by atoms with E-state index in [-0.39, 0.29) is 0 Å². The van der Waals surface area contributed by atoms with Gasteiger partial charge in [0.05, 0.1) is 11.1 Å². The molecule has 0 amide bonds. The minimum atomic E-state index is -5.00. The van der Waals surface area contributed by atoms with Crippen LogP contribution in [0.3, 0.4) is 0 Å². The fourth-order valence-electron chi connectivity index (χ4n) is 1.31. The summed E-state index contributed by atoms with van der Waals surface area (Å²) in [4.78, 5) is 0. The van der Waals surface area contributed by atoms with Crippen LogP contribution in [-0.2, 0) is 12.4 Å². The van der Waals surface area contributed by atoms with Gasteiger partial charge in [-0.25, -0.2) is 0 Å². The van der Waals surface area contributed by atoms with Gasteiger partial charge in [0.2, 0.25) is 0 Å². The maximum atomic E-state index is 12.5. The Bertz CT molecular complexity index is 414. The normalized spacial score (nSPS) is 12.6. The molecule has 94 valence electrons. The Hall–Kier alpha value is -1.73. The van der Waals surface area contributed by atoms with Crippen LogP contribution in [0.1, 0.15) is 16.7 Å². The van der Waals surface area contributed by atoms with Crippen molar-refractivity contribution in [3.8, 4) is 0 Å². The minimum Gasteiger partial charge on any atom is -0.384 e. The molecule has 2 nitrogen and oxygen atoms in total. The number of hydrogen-bond acceptors (Lipinski definition) is 1. The molecule has 0 heterocycles. The Morgan fingerprint density at radius 3 is 1.53 bits per heavy atom. The molecule has 17 heavy (non-hydrogen) atoms. The van der Waals surface area contributed by atoms with E-state index in [0.717, 1.165) is 0 Å². The molecule has 8 heteroatoms. The first-order valence-electron chi connectivity index (χ1n) is 4.17. The van der Waals surface area contributed by atoms with Crippen molar-refractivity contribution >= 4 is 5.84 Å². The minimum absolute atomic E-state index is 0.450. The molecule has 0 aliphatic carbocycles. The molecule has 0 spiro atoms. The molecule has 0 fully saturated rings. The summed E-state index contributed by atoms with van der Waals surface area (Å²) in [5.74, 6) is -1.27. The zero-order valence-corrected chi connectivity index (χ0v) is 8.08. The predicted molar refractivity (Wildman–Crippen MR) is 47.5 cm³/mol. The molecule has 0 aromatic heterocycles. The summed E-state index contributed by atoms with van der Waals surface area (Å²) in [6.07, 6.45) is -10.00. The van der Waals surface area contributed by atoms with E-state index in [0.29, 0.717) is 18.2 Å². The zero-order valence-electron chi connectivity index (χ0n) is 8.08. The van der Waals surface area contributed by atoms with Gasteiger partial charge in [0, 0.05) is 5.56 Å². The standard InChI is InChI=1S/C9H6F6N2/c10-8(11,12)4-2-1-3-5(9(13,14)15)6(4)7(16)17/h1-3H,(H3,16,17). The number of rotatable bonds is 1. The van der Waals surface area contributed by atoms with Gasteiger partial charge in [-0.1, -0.05) is 6.07 Å². The third-order valence-electron chi connectivity index (χ3n) is 1.94. The van der Waals surface area contributed by atoms with Crippen LogP contribution in [0, 0.1) is 5.41 Å². The van der Waals surface area contributed by atoms with Crippen molar-refractivity contribution in [1.82, 2.24) is 0 Å². The molecule has 0 saturated carbocycles. The number of nitrogens with two attached hydrogens (primary N) is 1. The summed E-state index contributed by atoms with van der Waals surface area (Å²) >= 11 is 0. The van der Waals surface area contributed by atoms with E-state index in [1.165, 1.54) is 0 Å². The van der Waals surface area contributed by atoms with Crippen LogP contribution in [0.15, 0.2) is 18.2 Å². The zero-order chi connectivity index (χ0) is 13.4. The van der Waals surface area contributed by atoms with Gasteiger partial charge >= 0.3 is 12.4 Å². The summed E-state index contributed by atoms with van der Waals surface area (Å²) in [5.41, 5.74) is 0.313.